The molecule has 1 N–H and O–H groups in total. The molecule has 4 heteroatoms. The molecular weight excluding hydrogens is 188 g/mol. The van der Waals surface area contributed by atoms with Gasteiger partial charge in [0, 0.05) is 19.3 Å². The Morgan fingerprint density at radius 3 is 3.00 bits per heavy atom. The van der Waals surface area contributed by atoms with Crippen molar-refractivity contribution in [3.8, 4) is 0 Å². The topological polar surface area (TPSA) is 33.1 Å². The Labute approximate surface area is 91.3 Å². The van der Waals surface area contributed by atoms with Crippen LogP contribution in [0.25, 0.3) is 0 Å². The Balaban J connectivity index is 2.18. The first-order valence-electron chi connectivity index (χ1n) is 5.68. The maximum absolute atomic E-state index is 4.50. The Hall–Kier alpha value is -1.03. The second-order valence-corrected chi connectivity index (χ2v) is 4.35. The molecular formula is C11H20N4. The molecule has 0 saturated carbocycles. The zero-order chi connectivity index (χ0) is 10.8. The highest BCUT2D eigenvalue weighted by Gasteiger charge is 2.23. The molecule has 2 heterocycles. The van der Waals surface area contributed by atoms with Crippen molar-refractivity contribution in [2.75, 3.05) is 32.0 Å². The van der Waals surface area contributed by atoms with Gasteiger partial charge in [0.1, 0.15) is 0 Å². The molecule has 2 rings (SSSR count). The molecule has 1 aromatic heterocycles. The predicted molar refractivity (Wildman–Crippen MR) is 62.3 cm³/mol. The first kappa shape index (κ1) is 10.5. The molecule has 1 atom stereocenters. The first-order chi connectivity index (χ1) is 7.20. The van der Waals surface area contributed by atoms with Gasteiger partial charge >= 0.3 is 0 Å². The van der Waals surface area contributed by atoms with Crippen molar-refractivity contribution in [2.24, 2.45) is 0 Å². The third kappa shape index (κ3) is 2.15. The second-order valence-electron chi connectivity index (χ2n) is 4.35. The van der Waals surface area contributed by atoms with Crippen LogP contribution in [0.1, 0.15) is 25.1 Å². The number of likely N-dealkylation sites (tertiary alicyclic amines) is 1. The van der Waals surface area contributed by atoms with Crippen LogP contribution in [-0.4, -0.2) is 41.1 Å². The van der Waals surface area contributed by atoms with Gasteiger partial charge in [-0.05, 0) is 33.9 Å². The molecule has 1 aliphatic heterocycles. The highest BCUT2D eigenvalue weighted by atomic mass is 15.3. The van der Waals surface area contributed by atoms with E-state index < -0.39 is 0 Å². The van der Waals surface area contributed by atoms with Crippen LogP contribution in [0.3, 0.4) is 0 Å². The van der Waals surface area contributed by atoms with Crippen molar-refractivity contribution in [1.29, 1.82) is 0 Å². The van der Waals surface area contributed by atoms with Crippen LogP contribution in [0.15, 0.2) is 6.20 Å². The van der Waals surface area contributed by atoms with Crippen LogP contribution in [0.2, 0.25) is 0 Å². The summed E-state index contributed by atoms with van der Waals surface area (Å²) in [5.74, 6) is 1.02. The van der Waals surface area contributed by atoms with Crippen molar-refractivity contribution < 1.29 is 0 Å². The summed E-state index contributed by atoms with van der Waals surface area (Å²) in [7, 11) is 2.18. The quantitative estimate of drug-likeness (QED) is 0.817. The van der Waals surface area contributed by atoms with Crippen LogP contribution in [0, 0.1) is 6.92 Å². The summed E-state index contributed by atoms with van der Waals surface area (Å²) < 4.78 is 2.29. The minimum atomic E-state index is 0.588. The number of hydrogen-bond donors (Lipinski definition) is 1. The third-order valence-corrected chi connectivity index (χ3v) is 2.95. The molecule has 4 nitrogen and oxygen atoms in total. The van der Waals surface area contributed by atoms with Gasteiger partial charge in [-0.1, -0.05) is 0 Å². The molecule has 0 spiro atoms. The first-order valence-corrected chi connectivity index (χ1v) is 5.68. The molecule has 0 amide bonds. The molecule has 1 fully saturated rings. The Morgan fingerprint density at radius 2 is 2.40 bits per heavy atom. The Bertz CT molecular complexity index is 331. The number of aryl methyl sites for hydroxylation is 1. The summed E-state index contributed by atoms with van der Waals surface area (Å²) in [4.78, 5) is 6.87. The summed E-state index contributed by atoms with van der Waals surface area (Å²) in [6.07, 6.45) is 3.38. The lowest BCUT2D eigenvalue weighted by atomic mass is 10.2. The highest BCUT2D eigenvalue weighted by Crippen LogP contribution is 2.24. The standard InChI is InChI=1S/C11H20N4/c1-4-12-11-13-9(2)7-15(11)10-5-6-14(3)8-10/h7,10H,4-6,8H2,1-3H3,(H,12,13). The van der Waals surface area contributed by atoms with E-state index >= 15 is 0 Å². The lowest BCUT2D eigenvalue weighted by Gasteiger charge is -2.15. The molecule has 0 bridgehead atoms. The van der Waals surface area contributed by atoms with E-state index in [9.17, 15) is 0 Å². The minimum absolute atomic E-state index is 0.588. The average molecular weight is 208 g/mol. The Morgan fingerprint density at radius 1 is 1.60 bits per heavy atom. The Kier molecular flexibility index (Phi) is 2.95. The van der Waals surface area contributed by atoms with Crippen molar-refractivity contribution in [1.82, 2.24) is 14.5 Å². The summed E-state index contributed by atoms with van der Waals surface area (Å²) in [5.41, 5.74) is 1.10. The molecule has 0 aliphatic carbocycles. The number of imidazole rings is 1. The molecule has 0 aromatic carbocycles. The van der Waals surface area contributed by atoms with E-state index in [4.69, 9.17) is 0 Å². The highest BCUT2D eigenvalue weighted by molar-refractivity contribution is 5.29. The predicted octanol–water partition coefficient (Wildman–Crippen LogP) is 1.50. The molecule has 15 heavy (non-hydrogen) atoms. The van der Waals surface area contributed by atoms with Gasteiger partial charge in [-0.15, -0.1) is 0 Å². The monoisotopic (exact) mass is 208 g/mol. The number of nitrogens with one attached hydrogen (secondary N) is 1. The fourth-order valence-corrected chi connectivity index (χ4v) is 2.22. The SMILES string of the molecule is CCNc1nc(C)cn1C1CCN(C)C1. The van der Waals surface area contributed by atoms with E-state index in [-0.39, 0.29) is 0 Å². The van der Waals surface area contributed by atoms with Crippen LogP contribution < -0.4 is 5.32 Å². The van der Waals surface area contributed by atoms with Gasteiger partial charge in [-0.3, -0.25) is 0 Å². The third-order valence-electron chi connectivity index (χ3n) is 2.95. The van der Waals surface area contributed by atoms with E-state index in [1.807, 2.05) is 0 Å². The zero-order valence-electron chi connectivity index (χ0n) is 9.82. The summed E-state index contributed by atoms with van der Waals surface area (Å²) in [6, 6.07) is 0.588. The van der Waals surface area contributed by atoms with Crippen molar-refractivity contribution in [3.63, 3.8) is 0 Å². The smallest absolute Gasteiger partial charge is 0.203 e. The molecule has 1 aliphatic rings. The molecule has 1 aromatic rings. The van der Waals surface area contributed by atoms with Crippen LogP contribution in [0.4, 0.5) is 5.95 Å². The van der Waals surface area contributed by atoms with Gasteiger partial charge in [0.05, 0.1) is 11.7 Å². The molecule has 84 valence electrons. The van der Waals surface area contributed by atoms with E-state index in [2.05, 4.69) is 46.9 Å². The number of likely N-dealkylation sites (N-methyl/N-ethyl adjacent to an activating group) is 1. The average Bonchev–Trinajstić information content (AvgIpc) is 2.73. The van der Waals surface area contributed by atoms with Gasteiger partial charge in [0.15, 0.2) is 0 Å². The number of rotatable bonds is 3. The molecule has 0 radical (unpaired) electrons. The van der Waals surface area contributed by atoms with E-state index in [1.54, 1.807) is 0 Å². The van der Waals surface area contributed by atoms with Gasteiger partial charge < -0.3 is 14.8 Å². The minimum Gasteiger partial charge on any atom is -0.356 e. The lowest BCUT2D eigenvalue weighted by molar-refractivity contribution is 0.393. The number of aromatic nitrogens is 2. The lowest BCUT2D eigenvalue weighted by Crippen LogP contribution is -2.17. The maximum Gasteiger partial charge on any atom is 0.203 e. The zero-order valence-corrected chi connectivity index (χ0v) is 9.82. The van der Waals surface area contributed by atoms with E-state index in [0.29, 0.717) is 6.04 Å². The summed E-state index contributed by atoms with van der Waals surface area (Å²) in [6.45, 7) is 7.41. The van der Waals surface area contributed by atoms with E-state index in [1.165, 1.54) is 13.0 Å². The molecule has 1 saturated heterocycles. The van der Waals surface area contributed by atoms with Gasteiger partial charge in [-0.25, -0.2) is 4.98 Å². The number of hydrogen-bond acceptors (Lipinski definition) is 3. The van der Waals surface area contributed by atoms with Gasteiger partial charge in [0.25, 0.3) is 0 Å². The van der Waals surface area contributed by atoms with Crippen LogP contribution >= 0.6 is 0 Å². The second kappa shape index (κ2) is 4.23. The molecule has 1 unspecified atom stereocenters. The summed E-state index contributed by atoms with van der Waals surface area (Å²) in [5, 5.41) is 3.32. The van der Waals surface area contributed by atoms with Crippen LogP contribution in [-0.2, 0) is 0 Å². The van der Waals surface area contributed by atoms with Crippen molar-refractivity contribution in [2.45, 2.75) is 26.3 Å². The number of nitrogens with zero attached hydrogens (tertiary/aromatic N) is 3. The summed E-state index contributed by atoms with van der Waals surface area (Å²) >= 11 is 0. The number of anilines is 1. The fraction of sp³-hybridized carbons (Fsp3) is 0.727. The maximum atomic E-state index is 4.50. The van der Waals surface area contributed by atoms with E-state index in [0.717, 1.165) is 24.7 Å². The van der Waals surface area contributed by atoms with Crippen molar-refractivity contribution in [3.05, 3.63) is 11.9 Å². The van der Waals surface area contributed by atoms with Gasteiger partial charge in [-0.2, -0.15) is 0 Å². The van der Waals surface area contributed by atoms with Crippen molar-refractivity contribution >= 4 is 5.95 Å². The fourth-order valence-electron chi connectivity index (χ4n) is 2.22. The largest absolute Gasteiger partial charge is 0.356 e. The normalized spacial score (nSPS) is 22.2. The van der Waals surface area contributed by atoms with Crippen LogP contribution in [0.5, 0.6) is 0 Å². The van der Waals surface area contributed by atoms with Gasteiger partial charge in [0.2, 0.25) is 5.95 Å².